The van der Waals surface area contributed by atoms with Gasteiger partial charge in [0.05, 0.1) is 17.9 Å². The molecule has 2 N–H and O–H groups in total. The van der Waals surface area contributed by atoms with Crippen LogP contribution >= 0.6 is 0 Å². The second-order valence-corrected chi connectivity index (χ2v) is 7.10. The number of benzene rings is 3. The van der Waals surface area contributed by atoms with Crippen LogP contribution < -0.4 is 15.4 Å². The van der Waals surface area contributed by atoms with E-state index in [2.05, 4.69) is 16.7 Å². The molecule has 0 bridgehead atoms. The maximum absolute atomic E-state index is 12.7. The highest BCUT2D eigenvalue weighted by atomic mass is 16.5. The highest BCUT2D eigenvalue weighted by Gasteiger charge is 2.11. The number of amides is 2. The van der Waals surface area contributed by atoms with Crippen molar-refractivity contribution < 1.29 is 18.7 Å². The van der Waals surface area contributed by atoms with Gasteiger partial charge in [-0.25, -0.2) is 0 Å². The second kappa shape index (κ2) is 9.98. The number of nitrogens with zero attached hydrogens (tertiary/aromatic N) is 1. The molecule has 0 aliphatic rings. The van der Waals surface area contributed by atoms with Crippen LogP contribution in [0.1, 0.15) is 32.0 Å². The van der Waals surface area contributed by atoms with Gasteiger partial charge in [0, 0.05) is 23.0 Å². The number of rotatable bonds is 7. The molecule has 162 valence electrons. The third-order valence-corrected chi connectivity index (χ3v) is 4.68. The lowest BCUT2D eigenvalue weighted by Crippen LogP contribution is -2.14. The number of anilines is 2. The summed E-state index contributed by atoms with van der Waals surface area (Å²) in [6, 6.07) is 26.1. The normalized spacial score (nSPS) is 10.2. The van der Waals surface area contributed by atoms with E-state index in [-0.39, 0.29) is 11.7 Å². The minimum atomic E-state index is -0.400. The van der Waals surface area contributed by atoms with Gasteiger partial charge in [-0.1, -0.05) is 24.3 Å². The Balaban J connectivity index is 1.39. The van der Waals surface area contributed by atoms with Crippen molar-refractivity contribution in [2.75, 3.05) is 10.6 Å². The van der Waals surface area contributed by atoms with Gasteiger partial charge < -0.3 is 19.8 Å². The summed E-state index contributed by atoms with van der Waals surface area (Å²) in [7, 11) is 0. The Hall–Kier alpha value is -4.83. The molecule has 3 aromatic carbocycles. The summed E-state index contributed by atoms with van der Waals surface area (Å²) in [5.41, 5.74) is 2.86. The first-order chi connectivity index (χ1) is 16.1. The van der Waals surface area contributed by atoms with Crippen molar-refractivity contribution in [3.8, 4) is 11.8 Å². The number of nitrogens with one attached hydrogen (secondary N) is 2. The molecular weight excluding hydrogens is 418 g/mol. The lowest BCUT2D eigenvalue weighted by atomic mass is 10.1. The predicted molar refractivity (Wildman–Crippen MR) is 123 cm³/mol. The molecule has 7 heteroatoms. The fraction of sp³-hybridized carbons (Fsp3) is 0.0385. The Morgan fingerprint density at radius 3 is 2.39 bits per heavy atom. The zero-order valence-corrected chi connectivity index (χ0v) is 17.4. The van der Waals surface area contributed by atoms with Crippen molar-refractivity contribution in [2.24, 2.45) is 0 Å². The van der Waals surface area contributed by atoms with Crippen LogP contribution in [0.4, 0.5) is 11.4 Å². The van der Waals surface area contributed by atoms with Crippen LogP contribution in [0.5, 0.6) is 5.75 Å². The Morgan fingerprint density at radius 1 is 0.848 bits per heavy atom. The predicted octanol–water partition coefficient (Wildman–Crippen LogP) is 5.23. The van der Waals surface area contributed by atoms with Gasteiger partial charge in [-0.05, 0) is 60.2 Å². The van der Waals surface area contributed by atoms with E-state index in [0.29, 0.717) is 34.9 Å². The Labute approximate surface area is 190 Å². The summed E-state index contributed by atoms with van der Waals surface area (Å²) in [5, 5.41) is 14.5. The van der Waals surface area contributed by atoms with Gasteiger partial charge in [-0.2, -0.15) is 5.26 Å². The minimum Gasteiger partial charge on any atom is -0.489 e. The lowest BCUT2D eigenvalue weighted by molar-refractivity contribution is 0.0993. The number of hydrogen-bond acceptors (Lipinski definition) is 5. The van der Waals surface area contributed by atoms with Crippen molar-refractivity contribution in [3.05, 3.63) is 114 Å². The molecule has 0 aliphatic heterocycles. The first kappa shape index (κ1) is 21.4. The van der Waals surface area contributed by atoms with Gasteiger partial charge in [-0.3, -0.25) is 9.59 Å². The molecule has 4 rings (SSSR count). The molecule has 0 spiro atoms. The molecule has 0 saturated carbocycles. The van der Waals surface area contributed by atoms with Gasteiger partial charge in [0.25, 0.3) is 11.8 Å². The summed E-state index contributed by atoms with van der Waals surface area (Å²) >= 11 is 0. The number of furan rings is 1. The van der Waals surface area contributed by atoms with Gasteiger partial charge in [0.2, 0.25) is 0 Å². The third kappa shape index (κ3) is 5.66. The zero-order chi connectivity index (χ0) is 23.0. The molecule has 0 aliphatic carbocycles. The standard InChI is InChI=1S/C26H19N3O4/c27-16-18-5-1-6-19(13-18)17-33-23-10-3-9-22(15-23)28-25(30)20-7-2-8-21(14-20)29-26(31)24-11-4-12-32-24/h1-15H,17H2,(H,28,30)(H,29,31). The third-order valence-electron chi connectivity index (χ3n) is 4.68. The maximum Gasteiger partial charge on any atom is 0.291 e. The summed E-state index contributed by atoms with van der Waals surface area (Å²) < 4.78 is 10.9. The molecule has 0 saturated heterocycles. The van der Waals surface area contributed by atoms with Gasteiger partial charge in [-0.15, -0.1) is 0 Å². The van der Waals surface area contributed by atoms with Crippen LogP contribution in [0.3, 0.4) is 0 Å². The molecule has 7 nitrogen and oxygen atoms in total. The van der Waals surface area contributed by atoms with Crippen LogP contribution in [-0.4, -0.2) is 11.8 Å². The van der Waals surface area contributed by atoms with E-state index in [4.69, 9.17) is 14.4 Å². The first-order valence-electron chi connectivity index (χ1n) is 10.1. The van der Waals surface area contributed by atoms with Crippen molar-refractivity contribution in [1.82, 2.24) is 0 Å². The quantitative estimate of drug-likeness (QED) is 0.412. The molecule has 0 fully saturated rings. The smallest absolute Gasteiger partial charge is 0.291 e. The molecule has 1 aromatic heterocycles. The van der Waals surface area contributed by atoms with Gasteiger partial charge >= 0.3 is 0 Å². The molecule has 4 aromatic rings. The molecular formula is C26H19N3O4. The summed E-state index contributed by atoms with van der Waals surface area (Å²) in [5.74, 6) is 0.0290. The number of ether oxygens (including phenoxy) is 1. The van der Waals surface area contributed by atoms with Crippen molar-refractivity contribution in [1.29, 1.82) is 5.26 Å². The van der Waals surface area contributed by atoms with Gasteiger partial charge in [0.1, 0.15) is 12.4 Å². The highest BCUT2D eigenvalue weighted by molar-refractivity contribution is 6.06. The number of carbonyl (C=O) groups is 2. The summed E-state index contributed by atoms with van der Waals surface area (Å²) in [6.45, 7) is 0.296. The maximum atomic E-state index is 12.7. The van der Waals surface area contributed by atoms with E-state index >= 15 is 0 Å². The number of nitriles is 1. The molecule has 2 amide bonds. The summed E-state index contributed by atoms with van der Waals surface area (Å²) in [4.78, 5) is 24.9. The molecule has 0 radical (unpaired) electrons. The van der Waals surface area contributed by atoms with Crippen molar-refractivity contribution in [3.63, 3.8) is 0 Å². The van der Waals surface area contributed by atoms with E-state index < -0.39 is 5.91 Å². The first-order valence-corrected chi connectivity index (χ1v) is 10.1. The summed E-state index contributed by atoms with van der Waals surface area (Å²) in [6.07, 6.45) is 1.42. The topological polar surface area (TPSA) is 104 Å². The average molecular weight is 437 g/mol. The van der Waals surface area contributed by atoms with E-state index in [9.17, 15) is 9.59 Å². The fourth-order valence-electron chi connectivity index (χ4n) is 3.10. The van der Waals surface area contributed by atoms with Crippen molar-refractivity contribution >= 4 is 23.2 Å². The number of carbonyl (C=O) groups excluding carboxylic acids is 2. The average Bonchev–Trinajstić information content (AvgIpc) is 3.39. The van der Waals surface area contributed by atoms with Crippen LogP contribution in [0.25, 0.3) is 0 Å². The zero-order valence-electron chi connectivity index (χ0n) is 17.4. The Morgan fingerprint density at radius 2 is 1.61 bits per heavy atom. The molecule has 1 heterocycles. The Bertz CT molecular complexity index is 1320. The fourth-order valence-corrected chi connectivity index (χ4v) is 3.10. The van der Waals surface area contributed by atoms with E-state index in [0.717, 1.165) is 5.56 Å². The second-order valence-electron chi connectivity index (χ2n) is 7.10. The van der Waals surface area contributed by atoms with Crippen LogP contribution in [0, 0.1) is 11.3 Å². The van der Waals surface area contributed by atoms with E-state index in [1.165, 1.54) is 6.26 Å². The highest BCUT2D eigenvalue weighted by Crippen LogP contribution is 2.20. The van der Waals surface area contributed by atoms with Gasteiger partial charge in [0.15, 0.2) is 5.76 Å². The van der Waals surface area contributed by atoms with E-state index in [1.54, 1.807) is 78.9 Å². The van der Waals surface area contributed by atoms with E-state index in [1.807, 2.05) is 6.07 Å². The molecule has 33 heavy (non-hydrogen) atoms. The SMILES string of the molecule is N#Cc1cccc(COc2cccc(NC(=O)c3cccc(NC(=O)c4ccco4)c3)c2)c1. The van der Waals surface area contributed by atoms with Crippen LogP contribution in [0.2, 0.25) is 0 Å². The Kier molecular flexibility index (Phi) is 6.48. The molecule has 0 atom stereocenters. The number of hydrogen-bond donors (Lipinski definition) is 2. The largest absolute Gasteiger partial charge is 0.489 e. The van der Waals surface area contributed by atoms with Crippen LogP contribution in [-0.2, 0) is 6.61 Å². The minimum absolute atomic E-state index is 0.181. The monoisotopic (exact) mass is 437 g/mol. The van der Waals surface area contributed by atoms with Crippen LogP contribution in [0.15, 0.2) is 95.6 Å². The molecule has 0 unspecified atom stereocenters. The lowest BCUT2D eigenvalue weighted by Gasteiger charge is -2.10. The van der Waals surface area contributed by atoms with Crippen molar-refractivity contribution in [2.45, 2.75) is 6.61 Å².